The van der Waals surface area contributed by atoms with E-state index >= 15 is 0 Å². The summed E-state index contributed by atoms with van der Waals surface area (Å²) in [5, 5.41) is 33.7. The molecule has 0 bridgehead atoms. The first-order valence-corrected chi connectivity index (χ1v) is 10.8. The van der Waals surface area contributed by atoms with Gasteiger partial charge in [-0.3, -0.25) is 0 Å². The van der Waals surface area contributed by atoms with Crippen molar-refractivity contribution in [2.75, 3.05) is 0 Å². The molecule has 8 nitrogen and oxygen atoms in total. The summed E-state index contributed by atoms with van der Waals surface area (Å²) in [6.07, 6.45) is 5.31. The molecule has 0 amide bonds. The maximum absolute atomic E-state index is 9.29. The SMILES string of the molecule is CC(C)(C)C1CCC(O)CC1.CC(C)(C)C1CCC(O)CC1.O=C(O)OOC(=O)O. The lowest BCUT2D eigenvalue weighted by Crippen LogP contribution is -2.27. The maximum atomic E-state index is 9.29. The first kappa shape index (κ1) is 28.5. The van der Waals surface area contributed by atoms with E-state index in [2.05, 4.69) is 51.3 Å². The first-order valence-electron chi connectivity index (χ1n) is 10.8. The summed E-state index contributed by atoms with van der Waals surface area (Å²) in [7, 11) is 0. The zero-order valence-electron chi connectivity index (χ0n) is 19.4. The molecule has 2 aliphatic carbocycles. The summed E-state index contributed by atoms with van der Waals surface area (Å²) in [4.78, 5) is 24.8. The Bertz CT molecular complexity index is 444. The van der Waals surface area contributed by atoms with E-state index in [-0.39, 0.29) is 12.2 Å². The Morgan fingerprint density at radius 3 is 1.00 bits per heavy atom. The van der Waals surface area contributed by atoms with Crippen LogP contribution in [0, 0.1) is 22.7 Å². The van der Waals surface area contributed by atoms with Crippen LogP contribution >= 0.6 is 0 Å². The van der Waals surface area contributed by atoms with Crippen molar-refractivity contribution in [1.82, 2.24) is 0 Å². The third-order valence-corrected chi connectivity index (χ3v) is 6.03. The molecule has 2 fully saturated rings. The lowest BCUT2D eigenvalue weighted by atomic mass is 9.72. The van der Waals surface area contributed by atoms with E-state index in [4.69, 9.17) is 10.2 Å². The molecule has 2 saturated carbocycles. The number of rotatable bonds is 0. The summed E-state index contributed by atoms with van der Waals surface area (Å²) in [6.45, 7) is 13.8. The van der Waals surface area contributed by atoms with Crippen LogP contribution < -0.4 is 0 Å². The zero-order chi connectivity index (χ0) is 23.5. The molecule has 30 heavy (non-hydrogen) atoms. The van der Waals surface area contributed by atoms with Crippen molar-refractivity contribution in [2.45, 2.75) is 105 Å². The van der Waals surface area contributed by atoms with Crippen LogP contribution in [0.4, 0.5) is 9.59 Å². The zero-order valence-corrected chi connectivity index (χ0v) is 19.4. The minimum Gasteiger partial charge on any atom is -0.447 e. The molecule has 2 aliphatic rings. The molecule has 0 heterocycles. The predicted molar refractivity (Wildman–Crippen MR) is 113 cm³/mol. The van der Waals surface area contributed by atoms with Gasteiger partial charge in [-0.1, -0.05) is 41.5 Å². The van der Waals surface area contributed by atoms with Crippen molar-refractivity contribution in [3.63, 3.8) is 0 Å². The fraction of sp³-hybridized carbons (Fsp3) is 0.909. The molecule has 0 spiro atoms. The van der Waals surface area contributed by atoms with E-state index in [0.717, 1.165) is 37.5 Å². The molecule has 0 saturated heterocycles. The van der Waals surface area contributed by atoms with Crippen LogP contribution in [0.25, 0.3) is 0 Å². The van der Waals surface area contributed by atoms with Gasteiger partial charge in [-0.15, -0.1) is 0 Å². The summed E-state index contributed by atoms with van der Waals surface area (Å²) in [5.41, 5.74) is 0.889. The second-order valence-electron chi connectivity index (χ2n) is 10.4. The molecule has 0 aromatic heterocycles. The average Bonchev–Trinajstić information content (AvgIpc) is 2.60. The highest BCUT2D eigenvalue weighted by molar-refractivity contribution is 5.60. The molecule has 0 radical (unpaired) electrons. The average molecular weight is 435 g/mol. The molecule has 0 unspecified atom stereocenters. The molecule has 0 aromatic carbocycles. The summed E-state index contributed by atoms with van der Waals surface area (Å²) in [6, 6.07) is 0. The Labute approximate surface area is 180 Å². The lowest BCUT2D eigenvalue weighted by Gasteiger charge is -2.35. The Morgan fingerprint density at radius 1 is 0.600 bits per heavy atom. The van der Waals surface area contributed by atoms with Crippen molar-refractivity contribution in [3.05, 3.63) is 0 Å². The first-order chi connectivity index (χ1) is 13.6. The van der Waals surface area contributed by atoms with Crippen molar-refractivity contribution < 1.29 is 39.8 Å². The van der Waals surface area contributed by atoms with E-state index < -0.39 is 12.3 Å². The topological polar surface area (TPSA) is 134 Å². The minimum atomic E-state index is -1.80. The molecule has 0 aromatic rings. The summed E-state index contributed by atoms with van der Waals surface area (Å²) < 4.78 is 0. The third-order valence-electron chi connectivity index (χ3n) is 6.03. The number of aliphatic hydroxyl groups excluding tert-OH is 2. The highest BCUT2D eigenvalue weighted by Crippen LogP contribution is 2.38. The molecule has 0 aliphatic heterocycles. The van der Waals surface area contributed by atoms with Gasteiger partial charge in [0.2, 0.25) is 0 Å². The monoisotopic (exact) mass is 434 g/mol. The Morgan fingerprint density at radius 2 is 0.833 bits per heavy atom. The molecule has 4 N–H and O–H groups in total. The van der Waals surface area contributed by atoms with Gasteiger partial charge in [-0.2, -0.15) is 0 Å². The normalized spacial score (nSPS) is 26.8. The number of carbonyl (C=O) groups is 2. The molecular formula is C22H42O8. The summed E-state index contributed by atoms with van der Waals surface area (Å²) >= 11 is 0. The molecule has 0 atom stereocenters. The second kappa shape index (κ2) is 13.0. The van der Waals surface area contributed by atoms with Crippen molar-refractivity contribution >= 4 is 12.3 Å². The lowest BCUT2D eigenvalue weighted by molar-refractivity contribution is -0.208. The van der Waals surface area contributed by atoms with Crippen LogP contribution in [-0.2, 0) is 9.78 Å². The smallest absolute Gasteiger partial charge is 0.447 e. The van der Waals surface area contributed by atoms with E-state index in [1.807, 2.05) is 0 Å². The van der Waals surface area contributed by atoms with E-state index in [1.165, 1.54) is 25.7 Å². The van der Waals surface area contributed by atoms with Gasteiger partial charge in [0.25, 0.3) is 0 Å². The fourth-order valence-electron chi connectivity index (χ4n) is 3.95. The number of aliphatic hydroxyl groups is 2. The van der Waals surface area contributed by atoms with Gasteiger partial charge in [0.1, 0.15) is 0 Å². The maximum Gasteiger partial charge on any atom is 0.547 e. The van der Waals surface area contributed by atoms with Gasteiger partial charge < -0.3 is 20.4 Å². The van der Waals surface area contributed by atoms with Gasteiger partial charge in [-0.05, 0) is 74.0 Å². The number of hydrogen-bond donors (Lipinski definition) is 4. The van der Waals surface area contributed by atoms with E-state index in [9.17, 15) is 19.8 Å². The third kappa shape index (κ3) is 13.6. The van der Waals surface area contributed by atoms with Crippen LogP contribution in [0.2, 0.25) is 0 Å². The minimum absolute atomic E-state index is 0.00593. The molecule has 178 valence electrons. The quantitative estimate of drug-likeness (QED) is 0.292. The van der Waals surface area contributed by atoms with Gasteiger partial charge >= 0.3 is 12.3 Å². The van der Waals surface area contributed by atoms with Crippen molar-refractivity contribution in [1.29, 1.82) is 0 Å². The second-order valence-corrected chi connectivity index (χ2v) is 10.4. The van der Waals surface area contributed by atoms with Crippen LogP contribution in [0.3, 0.4) is 0 Å². The highest BCUT2D eigenvalue weighted by Gasteiger charge is 2.29. The fourth-order valence-corrected chi connectivity index (χ4v) is 3.95. The van der Waals surface area contributed by atoms with Gasteiger partial charge in [0.05, 0.1) is 12.2 Å². The van der Waals surface area contributed by atoms with Gasteiger partial charge in [0, 0.05) is 0 Å². The number of hydrogen-bond acceptors (Lipinski definition) is 6. The van der Waals surface area contributed by atoms with Gasteiger partial charge in [-0.25, -0.2) is 19.4 Å². The summed E-state index contributed by atoms with van der Waals surface area (Å²) in [5.74, 6) is 1.65. The van der Waals surface area contributed by atoms with E-state index in [0.29, 0.717) is 10.8 Å². The van der Waals surface area contributed by atoms with Crippen LogP contribution in [0.5, 0.6) is 0 Å². The Kier molecular flexibility index (Phi) is 12.3. The molecule has 2 rings (SSSR count). The molecule has 8 heteroatoms. The van der Waals surface area contributed by atoms with Crippen molar-refractivity contribution in [3.8, 4) is 0 Å². The number of carboxylic acid groups (broad SMARTS) is 2. The Balaban J connectivity index is 0.000000428. The van der Waals surface area contributed by atoms with Gasteiger partial charge in [0.15, 0.2) is 0 Å². The van der Waals surface area contributed by atoms with Crippen LogP contribution in [-0.4, -0.2) is 44.9 Å². The Hall–Kier alpha value is -1.54. The van der Waals surface area contributed by atoms with Crippen LogP contribution in [0.1, 0.15) is 92.9 Å². The molecular weight excluding hydrogens is 392 g/mol. The largest absolute Gasteiger partial charge is 0.547 e. The standard InChI is InChI=1S/2C10H20O.C2H2O6/c2*1-10(2,3)8-4-6-9(11)7-5-8;3-1(4)7-8-2(5)6/h2*8-9,11H,4-7H2,1-3H3;(H,3,4)(H,5,6). The predicted octanol–water partition coefficient (Wildman–Crippen LogP) is 5.46. The highest BCUT2D eigenvalue weighted by atomic mass is 17.2. The van der Waals surface area contributed by atoms with Crippen molar-refractivity contribution in [2.24, 2.45) is 22.7 Å². The van der Waals surface area contributed by atoms with E-state index in [1.54, 1.807) is 0 Å². The van der Waals surface area contributed by atoms with Crippen LogP contribution in [0.15, 0.2) is 0 Å².